The summed E-state index contributed by atoms with van der Waals surface area (Å²) in [6, 6.07) is 11.6. The fourth-order valence-electron chi connectivity index (χ4n) is 3.09. The molecule has 0 aromatic heterocycles. The van der Waals surface area contributed by atoms with Crippen LogP contribution in [0.1, 0.15) is 6.92 Å². The Morgan fingerprint density at radius 3 is 2.36 bits per heavy atom. The summed E-state index contributed by atoms with van der Waals surface area (Å²) < 4.78 is 19.0. The van der Waals surface area contributed by atoms with Crippen molar-refractivity contribution in [2.75, 3.05) is 42.6 Å². The number of ether oxygens (including phenoxy) is 1. The van der Waals surface area contributed by atoms with E-state index in [0.717, 1.165) is 17.5 Å². The second kappa shape index (κ2) is 7.38. The smallest absolute Gasteiger partial charge is 0.295 e. The van der Waals surface area contributed by atoms with Gasteiger partial charge in [0.2, 0.25) is 0 Å². The molecule has 0 saturated carbocycles. The maximum absolute atomic E-state index is 13.3. The number of nitro groups is 1. The number of benzene rings is 2. The molecule has 132 valence electrons. The van der Waals surface area contributed by atoms with Gasteiger partial charge in [-0.1, -0.05) is 12.1 Å². The molecule has 3 rings (SSSR count). The van der Waals surface area contributed by atoms with Crippen LogP contribution < -0.4 is 14.5 Å². The molecule has 1 saturated heterocycles. The first kappa shape index (κ1) is 17.0. The van der Waals surface area contributed by atoms with E-state index in [2.05, 4.69) is 4.90 Å². The van der Waals surface area contributed by atoms with E-state index in [9.17, 15) is 14.5 Å². The Morgan fingerprint density at radius 1 is 1.08 bits per heavy atom. The van der Waals surface area contributed by atoms with E-state index < -0.39 is 10.7 Å². The van der Waals surface area contributed by atoms with Gasteiger partial charge in [0.25, 0.3) is 5.69 Å². The Kier molecular flexibility index (Phi) is 5.02. The van der Waals surface area contributed by atoms with Crippen LogP contribution in [0.4, 0.5) is 21.5 Å². The minimum atomic E-state index is -0.597. The van der Waals surface area contributed by atoms with Crippen molar-refractivity contribution >= 4 is 17.1 Å². The molecule has 1 fully saturated rings. The summed E-state index contributed by atoms with van der Waals surface area (Å²) in [6.07, 6.45) is 0. The normalized spacial score (nSPS) is 14.5. The molecule has 0 radical (unpaired) electrons. The highest BCUT2D eigenvalue weighted by molar-refractivity contribution is 5.65. The maximum atomic E-state index is 13.3. The van der Waals surface area contributed by atoms with Crippen molar-refractivity contribution in [2.45, 2.75) is 6.92 Å². The molecule has 0 spiro atoms. The molecule has 6 nitrogen and oxygen atoms in total. The minimum Gasteiger partial charge on any atom is -0.492 e. The highest BCUT2D eigenvalue weighted by atomic mass is 19.1. The van der Waals surface area contributed by atoms with Crippen LogP contribution in [0.5, 0.6) is 5.75 Å². The second-order valence-corrected chi connectivity index (χ2v) is 5.76. The maximum Gasteiger partial charge on any atom is 0.295 e. The van der Waals surface area contributed by atoms with Crippen molar-refractivity contribution in [3.05, 3.63) is 58.4 Å². The second-order valence-electron chi connectivity index (χ2n) is 5.76. The van der Waals surface area contributed by atoms with Crippen molar-refractivity contribution in [3.8, 4) is 5.75 Å². The van der Waals surface area contributed by atoms with E-state index in [1.165, 1.54) is 12.1 Å². The zero-order chi connectivity index (χ0) is 17.8. The summed E-state index contributed by atoms with van der Waals surface area (Å²) in [5.41, 5.74) is 1.30. The standard InChI is InChI=1S/C18H20FN3O3/c1-2-25-18-6-4-3-5-16(18)21-11-9-20(10-12-21)15-8-7-14(19)13-17(15)22(23)24/h3-8,13H,2,9-12H2,1H3. The Hall–Kier alpha value is -2.83. The van der Waals surface area contributed by atoms with Crippen LogP contribution in [0, 0.1) is 15.9 Å². The van der Waals surface area contributed by atoms with Gasteiger partial charge in [-0.05, 0) is 31.2 Å². The molecular weight excluding hydrogens is 325 g/mol. The van der Waals surface area contributed by atoms with Crippen LogP contribution in [0.25, 0.3) is 0 Å². The van der Waals surface area contributed by atoms with Crippen molar-refractivity contribution in [3.63, 3.8) is 0 Å². The molecule has 0 amide bonds. The quantitative estimate of drug-likeness (QED) is 0.613. The van der Waals surface area contributed by atoms with E-state index >= 15 is 0 Å². The summed E-state index contributed by atoms with van der Waals surface area (Å²) in [5, 5.41) is 11.2. The number of piperazine rings is 1. The molecule has 1 heterocycles. The van der Waals surface area contributed by atoms with Crippen LogP contribution >= 0.6 is 0 Å². The first-order valence-corrected chi connectivity index (χ1v) is 8.26. The topological polar surface area (TPSA) is 58.8 Å². The number of hydrogen-bond acceptors (Lipinski definition) is 5. The third-order valence-corrected chi connectivity index (χ3v) is 4.26. The van der Waals surface area contributed by atoms with Crippen molar-refractivity contribution in [2.24, 2.45) is 0 Å². The first-order valence-electron chi connectivity index (χ1n) is 8.26. The highest BCUT2D eigenvalue weighted by Gasteiger charge is 2.25. The number of nitrogens with zero attached hydrogens (tertiary/aromatic N) is 3. The van der Waals surface area contributed by atoms with Crippen molar-refractivity contribution in [1.82, 2.24) is 0 Å². The molecule has 0 atom stereocenters. The van der Waals surface area contributed by atoms with Crippen LogP contribution in [-0.2, 0) is 0 Å². The van der Waals surface area contributed by atoms with Gasteiger partial charge in [0.1, 0.15) is 17.3 Å². The lowest BCUT2D eigenvalue weighted by molar-refractivity contribution is -0.384. The van der Waals surface area contributed by atoms with Crippen LogP contribution in [0.15, 0.2) is 42.5 Å². The van der Waals surface area contributed by atoms with Gasteiger partial charge in [0.05, 0.1) is 23.3 Å². The van der Waals surface area contributed by atoms with Gasteiger partial charge in [-0.2, -0.15) is 0 Å². The summed E-state index contributed by atoms with van der Waals surface area (Å²) >= 11 is 0. The predicted octanol–water partition coefficient (Wildman–Crippen LogP) is 3.46. The first-order chi connectivity index (χ1) is 12.1. The molecule has 7 heteroatoms. The fourth-order valence-corrected chi connectivity index (χ4v) is 3.09. The van der Waals surface area contributed by atoms with Crippen LogP contribution in [0.2, 0.25) is 0 Å². The third kappa shape index (κ3) is 3.65. The lowest BCUT2D eigenvalue weighted by Crippen LogP contribution is -2.46. The van der Waals surface area contributed by atoms with E-state index in [1.54, 1.807) is 0 Å². The molecule has 0 unspecified atom stereocenters. The minimum absolute atomic E-state index is 0.192. The van der Waals surface area contributed by atoms with Crippen molar-refractivity contribution in [1.29, 1.82) is 0 Å². The molecule has 1 aliphatic rings. The molecule has 0 bridgehead atoms. The Bertz CT molecular complexity index is 761. The number of rotatable bonds is 5. The highest BCUT2D eigenvalue weighted by Crippen LogP contribution is 2.32. The Balaban J connectivity index is 1.76. The van der Waals surface area contributed by atoms with Gasteiger partial charge in [-0.15, -0.1) is 0 Å². The van der Waals surface area contributed by atoms with Gasteiger partial charge in [-0.25, -0.2) is 4.39 Å². The molecule has 2 aromatic rings. The van der Waals surface area contributed by atoms with Gasteiger partial charge in [-0.3, -0.25) is 10.1 Å². The number of para-hydroxylation sites is 2. The van der Waals surface area contributed by atoms with Gasteiger partial charge in [0, 0.05) is 26.2 Å². The van der Waals surface area contributed by atoms with Crippen LogP contribution in [-0.4, -0.2) is 37.7 Å². The number of nitro benzene ring substituents is 1. The zero-order valence-corrected chi connectivity index (χ0v) is 14.0. The third-order valence-electron chi connectivity index (χ3n) is 4.26. The molecule has 25 heavy (non-hydrogen) atoms. The van der Waals surface area contributed by atoms with Crippen molar-refractivity contribution < 1.29 is 14.1 Å². The number of hydrogen-bond donors (Lipinski definition) is 0. The largest absolute Gasteiger partial charge is 0.492 e. The molecule has 0 N–H and O–H groups in total. The van der Waals surface area contributed by atoms with E-state index in [0.29, 0.717) is 38.5 Å². The van der Waals surface area contributed by atoms with E-state index in [1.807, 2.05) is 36.1 Å². The predicted molar refractivity (Wildman–Crippen MR) is 95.1 cm³/mol. The Morgan fingerprint density at radius 2 is 1.72 bits per heavy atom. The van der Waals surface area contributed by atoms with E-state index in [4.69, 9.17) is 4.74 Å². The SMILES string of the molecule is CCOc1ccccc1N1CCN(c2ccc(F)cc2[N+](=O)[O-])CC1. The molecule has 2 aromatic carbocycles. The Labute approximate surface area is 145 Å². The molecular formula is C18H20FN3O3. The summed E-state index contributed by atoms with van der Waals surface area (Å²) in [7, 11) is 0. The van der Waals surface area contributed by atoms with Crippen LogP contribution in [0.3, 0.4) is 0 Å². The monoisotopic (exact) mass is 345 g/mol. The van der Waals surface area contributed by atoms with Gasteiger partial charge < -0.3 is 14.5 Å². The average Bonchev–Trinajstić information content (AvgIpc) is 2.63. The molecule has 1 aliphatic heterocycles. The summed E-state index contributed by atoms with van der Waals surface area (Å²) in [5.74, 6) is 0.242. The zero-order valence-electron chi connectivity index (χ0n) is 14.0. The number of anilines is 2. The fraction of sp³-hybridized carbons (Fsp3) is 0.333. The summed E-state index contributed by atoms with van der Waals surface area (Å²) in [4.78, 5) is 14.8. The summed E-state index contributed by atoms with van der Waals surface area (Å²) in [6.45, 7) is 5.19. The number of halogens is 1. The lowest BCUT2D eigenvalue weighted by atomic mass is 10.2. The lowest BCUT2D eigenvalue weighted by Gasteiger charge is -2.37. The van der Waals surface area contributed by atoms with Gasteiger partial charge in [0.15, 0.2) is 0 Å². The van der Waals surface area contributed by atoms with Gasteiger partial charge >= 0.3 is 0 Å². The van der Waals surface area contributed by atoms with E-state index in [-0.39, 0.29) is 5.69 Å². The average molecular weight is 345 g/mol. The molecule has 0 aliphatic carbocycles.